The van der Waals surface area contributed by atoms with Gasteiger partial charge in [-0.1, -0.05) is 52.1 Å². The molecule has 2 unspecified atom stereocenters. The number of allylic oxidation sites excluding steroid dienone is 3. The van der Waals surface area contributed by atoms with Crippen molar-refractivity contribution in [3.63, 3.8) is 0 Å². The fourth-order valence-corrected chi connectivity index (χ4v) is 4.82. The quantitative estimate of drug-likeness (QED) is 0.284. The molecule has 2 atom stereocenters. The van der Waals surface area contributed by atoms with Gasteiger partial charge in [0.05, 0.1) is 5.71 Å². The summed E-state index contributed by atoms with van der Waals surface area (Å²) in [4.78, 5) is 16.9. The highest BCUT2D eigenvalue weighted by molar-refractivity contribution is 6.56. The van der Waals surface area contributed by atoms with Gasteiger partial charge in [0, 0.05) is 11.8 Å². The number of rotatable bonds is 2. The van der Waals surface area contributed by atoms with Crippen LogP contribution in [0.4, 0.5) is 4.79 Å². The maximum atomic E-state index is 11.9. The summed E-state index contributed by atoms with van der Waals surface area (Å²) in [5.41, 5.74) is 4.50. The van der Waals surface area contributed by atoms with Crippen molar-refractivity contribution in [1.82, 2.24) is 0 Å². The number of benzene rings is 1. The number of fused-ring (bicyclic) bond motifs is 4. The highest BCUT2D eigenvalue weighted by Gasteiger charge is 2.47. The molecule has 0 N–H and O–H groups in total. The van der Waals surface area contributed by atoms with Crippen molar-refractivity contribution < 1.29 is 14.4 Å². The zero-order chi connectivity index (χ0) is 17.4. The van der Waals surface area contributed by atoms with Gasteiger partial charge in [0.1, 0.15) is 10.2 Å². The van der Waals surface area contributed by atoms with E-state index in [0.717, 1.165) is 43.4 Å². The Morgan fingerprint density at radius 1 is 1.08 bits per heavy atom. The summed E-state index contributed by atoms with van der Waals surface area (Å²) in [7, 11) is 0. The van der Waals surface area contributed by atoms with Crippen LogP contribution in [0.5, 0.6) is 5.75 Å². The predicted molar refractivity (Wildman–Crippen MR) is 96.8 cm³/mol. The van der Waals surface area contributed by atoms with Crippen LogP contribution in [0, 0.1) is 11.8 Å². The van der Waals surface area contributed by atoms with Gasteiger partial charge in [-0.05, 0) is 55.4 Å². The number of hydrogen-bond acceptors (Lipinski definition) is 4. The highest BCUT2D eigenvalue weighted by atomic mass is 35.5. The molecule has 25 heavy (non-hydrogen) atoms. The first-order valence-corrected chi connectivity index (χ1v) is 9.20. The van der Waals surface area contributed by atoms with Crippen LogP contribution in [0.3, 0.4) is 0 Å². The minimum atomic E-state index is -0.833. The van der Waals surface area contributed by atoms with Crippen molar-refractivity contribution in [2.45, 2.75) is 32.1 Å². The van der Waals surface area contributed by atoms with E-state index in [2.05, 4.69) is 5.16 Å². The number of nitrogens with zero attached hydrogens (tertiary/aromatic N) is 1. The Kier molecular flexibility index (Phi) is 4.57. The van der Waals surface area contributed by atoms with Crippen molar-refractivity contribution in [2.75, 3.05) is 0 Å². The maximum Gasteiger partial charge on any atom is 0.540 e. The first-order valence-electron chi connectivity index (χ1n) is 8.44. The average molecular weight is 378 g/mol. The molecule has 3 aliphatic rings. The van der Waals surface area contributed by atoms with Gasteiger partial charge in [-0.3, -0.25) is 4.84 Å². The van der Waals surface area contributed by atoms with Gasteiger partial charge >= 0.3 is 6.16 Å². The lowest BCUT2D eigenvalue weighted by Gasteiger charge is -2.24. The maximum absolute atomic E-state index is 11.9. The molecular formula is C19H17Cl2NO3. The van der Waals surface area contributed by atoms with Crippen molar-refractivity contribution in [3.8, 4) is 5.75 Å². The first kappa shape index (κ1) is 16.7. The topological polar surface area (TPSA) is 47.9 Å². The van der Waals surface area contributed by atoms with Crippen LogP contribution in [-0.2, 0) is 4.84 Å². The van der Waals surface area contributed by atoms with Gasteiger partial charge in [0.15, 0.2) is 0 Å². The average Bonchev–Trinajstić information content (AvgIpc) is 3.18. The smallest absolute Gasteiger partial charge is 0.393 e. The summed E-state index contributed by atoms with van der Waals surface area (Å²) in [6.45, 7) is 0. The van der Waals surface area contributed by atoms with Crippen LogP contribution in [0.15, 0.2) is 56.7 Å². The molecule has 0 heterocycles. The van der Waals surface area contributed by atoms with Gasteiger partial charge in [0.2, 0.25) is 0 Å². The van der Waals surface area contributed by atoms with Gasteiger partial charge in [0.25, 0.3) is 0 Å². The van der Waals surface area contributed by atoms with E-state index < -0.39 is 6.16 Å². The van der Waals surface area contributed by atoms with E-state index >= 15 is 0 Å². The minimum Gasteiger partial charge on any atom is -0.393 e. The molecule has 1 saturated carbocycles. The van der Waals surface area contributed by atoms with Gasteiger partial charge in [-0.15, -0.1) is 0 Å². The van der Waals surface area contributed by atoms with Crippen LogP contribution in [0.2, 0.25) is 0 Å². The number of carbonyl (C=O) groups is 1. The fraction of sp³-hybridized carbons (Fsp3) is 0.368. The Hall–Kier alpha value is -1.78. The highest BCUT2D eigenvalue weighted by Crippen LogP contribution is 2.57. The lowest BCUT2D eigenvalue weighted by molar-refractivity contribution is 0.102. The molecule has 4 nitrogen and oxygen atoms in total. The first-order chi connectivity index (χ1) is 12.1. The Balaban J connectivity index is 1.52. The molecule has 0 spiro atoms. The minimum absolute atomic E-state index is 0.220. The third-order valence-corrected chi connectivity index (χ3v) is 5.61. The summed E-state index contributed by atoms with van der Waals surface area (Å²) in [5.74, 6) is 0.986. The summed E-state index contributed by atoms with van der Waals surface area (Å²) < 4.78 is 5.48. The Morgan fingerprint density at radius 3 is 2.60 bits per heavy atom. The van der Waals surface area contributed by atoms with Crippen molar-refractivity contribution in [1.29, 1.82) is 0 Å². The molecule has 1 aromatic rings. The van der Waals surface area contributed by atoms with E-state index in [9.17, 15) is 4.79 Å². The van der Waals surface area contributed by atoms with Crippen LogP contribution < -0.4 is 4.74 Å². The molecule has 2 bridgehead atoms. The van der Waals surface area contributed by atoms with Crippen molar-refractivity contribution in [2.24, 2.45) is 17.0 Å². The lowest BCUT2D eigenvalue weighted by Crippen LogP contribution is -2.19. The van der Waals surface area contributed by atoms with Crippen LogP contribution in [0.25, 0.3) is 0 Å². The molecule has 0 saturated heterocycles. The normalized spacial score (nSPS) is 26.0. The van der Waals surface area contributed by atoms with Crippen molar-refractivity contribution in [3.05, 3.63) is 51.5 Å². The number of hydrogen-bond donors (Lipinski definition) is 0. The summed E-state index contributed by atoms with van der Waals surface area (Å²) in [6, 6.07) is 8.78. The molecule has 4 rings (SSSR count). The monoisotopic (exact) mass is 377 g/mol. The summed E-state index contributed by atoms with van der Waals surface area (Å²) >= 11 is 12.2. The zero-order valence-electron chi connectivity index (χ0n) is 13.5. The second kappa shape index (κ2) is 6.85. The summed E-state index contributed by atoms with van der Waals surface area (Å²) in [5, 5.41) is 4.11. The third-order valence-electron chi connectivity index (χ3n) is 5.17. The second-order valence-corrected chi connectivity index (χ2v) is 7.43. The van der Waals surface area contributed by atoms with E-state index in [0.29, 0.717) is 16.2 Å². The molecule has 1 aromatic carbocycles. The molecule has 0 amide bonds. The molecule has 1 fully saturated rings. The number of oxime groups is 1. The molecule has 0 aromatic heterocycles. The van der Waals surface area contributed by atoms with Crippen molar-refractivity contribution >= 4 is 35.1 Å². The van der Waals surface area contributed by atoms with Crippen LogP contribution in [-0.4, -0.2) is 11.9 Å². The Labute approximate surface area is 156 Å². The standard InChI is InChI=1S/C19H17Cl2NO3/c20-18(21)17-13-9-10-14(17)16-12(13)7-4-8-15(16)22-25-19(23)24-11-5-2-1-3-6-11/h1-3,5-6,13-14H,4,7-10H2. The van der Waals surface area contributed by atoms with E-state index in [1.807, 2.05) is 6.07 Å². The number of ether oxygens (including phenoxy) is 1. The fourth-order valence-electron chi connectivity index (χ4n) is 4.29. The lowest BCUT2D eigenvalue weighted by atomic mass is 9.81. The molecule has 0 radical (unpaired) electrons. The molecule has 3 aliphatic carbocycles. The SMILES string of the molecule is O=C(ON=C1CCCC2=C1C1CCC2C1=C(Cl)Cl)Oc1ccccc1. The van der Waals surface area contributed by atoms with Gasteiger partial charge in [-0.25, -0.2) is 4.79 Å². The van der Waals surface area contributed by atoms with E-state index in [4.69, 9.17) is 32.8 Å². The number of halogens is 2. The Bertz CT molecular complexity index is 794. The van der Waals surface area contributed by atoms with Crippen LogP contribution in [0.1, 0.15) is 32.1 Å². The molecule has 130 valence electrons. The second-order valence-electron chi connectivity index (χ2n) is 6.49. The third kappa shape index (κ3) is 3.09. The Morgan fingerprint density at radius 2 is 1.84 bits per heavy atom. The van der Waals surface area contributed by atoms with E-state index in [-0.39, 0.29) is 5.92 Å². The molecular weight excluding hydrogens is 361 g/mol. The van der Waals surface area contributed by atoms with E-state index in [1.54, 1.807) is 24.3 Å². The predicted octanol–water partition coefficient (Wildman–Crippen LogP) is 5.77. The largest absolute Gasteiger partial charge is 0.540 e. The van der Waals surface area contributed by atoms with Gasteiger partial charge in [-0.2, -0.15) is 0 Å². The van der Waals surface area contributed by atoms with E-state index in [1.165, 1.54) is 11.1 Å². The molecule has 0 aliphatic heterocycles. The van der Waals surface area contributed by atoms with Gasteiger partial charge < -0.3 is 4.74 Å². The van der Waals surface area contributed by atoms with Crippen LogP contribution >= 0.6 is 23.2 Å². The zero-order valence-corrected chi connectivity index (χ0v) is 15.0. The molecule has 6 heteroatoms. The number of para-hydroxylation sites is 1. The number of carbonyl (C=O) groups excluding carboxylic acids is 1. The summed E-state index contributed by atoms with van der Waals surface area (Å²) in [6.07, 6.45) is 4.09.